The molecule has 2 aromatic carbocycles. The normalized spacial score (nSPS) is 22.1. The molecule has 2 aromatic rings. The van der Waals surface area contributed by atoms with Gasteiger partial charge in [-0.1, -0.05) is 18.2 Å². The van der Waals surface area contributed by atoms with Gasteiger partial charge in [0, 0.05) is 41.8 Å². The van der Waals surface area contributed by atoms with E-state index in [1.807, 2.05) is 58.3 Å². The van der Waals surface area contributed by atoms with Crippen LogP contribution in [-0.4, -0.2) is 55.8 Å². The van der Waals surface area contributed by atoms with Gasteiger partial charge in [-0.2, -0.15) is 0 Å². The van der Waals surface area contributed by atoms with E-state index < -0.39 is 10.0 Å². The summed E-state index contributed by atoms with van der Waals surface area (Å²) in [6.07, 6.45) is 0.906. The molecule has 7 nitrogen and oxygen atoms in total. The quantitative estimate of drug-likeness (QED) is 0.809. The lowest BCUT2D eigenvalue weighted by molar-refractivity contribution is 0.0791. The number of thioether (sulfide) groups is 1. The first-order chi connectivity index (χ1) is 14.0. The van der Waals surface area contributed by atoms with Crippen molar-refractivity contribution in [2.24, 2.45) is 4.40 Å². The van der Waals surface area contributed by atoms with Gasteiger partial charge in [-0.15, -0.1) is 4.40 Å². The van der Waals surface area contributed by atoms with E-state index in [1.54, 1.807) is 0 Å². The van der Waals surface area contributed by atoms with Crippen LogP contribution in [0.15, 0.2) is 57.8 Å². The van der Waals surface area contributed by atoms with Gasteiger partial charge < -0.3 is 15.1 Å². The third kappa shape index (κ3) is 3.60. The monoisotopic (exact) mass is 428 g/mol. The smallest absolute Gasteiger partial charge is 0.257 e. The molecule has 1 amide bonds. The van der Waals surface area contributed by atoms with Crippen molar-refractivity contribution in [3.8, 4) is 0 Å². The number of hydrogen-bond acceptors (Lipinski definition) is 6. The molecule has 0 aromatic heterocycles. The molecule has 0 bridgehead atoms. The Kier molecular flexibility index (Phi) is 4.51. The van der Waals surface area contributed by atoms with Gasteiger partial charge in [-0.25, -0.2) is 8.42 Å². The molecular weight excluding hydrogens is 408 g/mol. The van der Waals surface area contributed by atoms with Gasteiger partial charge in [0.05, 0.1) is 11.4 Å². The molecule has 9 heteroatoms. The van der Waals surface area contributed by atoms with Gasteiger partial charge >= 0.3 is 0 Å². The predicted octanol–water partition coefficient (Wildman–Crippen LogP) is 2.62. The zero-order chi connectivity index (χ0) is 20.0. The summed E-state index contributed by atoms with van der Waals surface area (Å²) in [6, 6.07) is 15.8. The van der Waals surface area contributed by atoms with Crippen LogP contribution in [0.5, 0.6) is 0 Å². The maximum absolute atomic E-state index is 13.0. The Morgan fingerprint density at radius 2 is 1.97 bits per heavy atom. The number of nitrogens with one attached hydrogen (secondary N) is 1. The number of carbonyl (C=O) groups is 1. The summed E-state index contributed by atoms with van der Waals surface area (Å²) in [6.45, 7) is 1.77. The standard InChI is InChI=1S/C20H20N4O3S2/c25-19(23-9-8-16(13-23)21-15-4-2-1-3-5-15)14-6-7-17-18(12-14)28-20-22-29(26,27)11-10-24(17)20/h1-7,12,16,21H,8-11,13H2. The number of carbonyl (C=O) groups excluding carboxylic acids is 1. The highest BCUT2D eigenvalue weighted by molar-refractivity contribution is 8.15. The zero-order valence-electron chi connectivity index (χ0n) is 15.6. The van der Waals surface area contributed by atoms with Gasteiger partial charge in [0.15, 0.2) is 5.17 Å². The summed E-state index contributed by atoms with van der Waals surface area (Å²) in [5.74, 6) is 0.0195. The molecule has 5 rings (SSSR count). The number of likely N-dealkylation sites (tertiary alicyclic amines) is 1. The number of para-hydroxylation sites is 1. The molecule has 1 unspecified atom stereocenters. The summed E-state index contributed by atoms with van der Waals surface area (Å²) in [7, 11) is -3.38. The number of amides is 1. The highest BCUT2D eigenvalue weighted by Crippen LogP contribution is 2.42. The second kappa shape index (κ2) is 7.07. The number of nitrogens with zero attached hydrogens (tertiary/aromatic N) is 3. The van der Waals surface area contributed by atoms with Crippen molar-refractivity contribution in [3.63, 3.8) is 0 Å². The van der Waals surface area contributed by atoms with Gasteiger partial charge in [0.1, 0.15) is 0 Å². The van der Waals surface area contributed by atoms with Crippen molar-refractivity contribution in [2.45, 2.75) is 17.4 Å². The van der Waals surface area contributed by atoms with Gasteiger partial charge in [0.25, 0.3) is 15.9 Å². The van der Waals surface area contributed by atoms with E-state index in [0.29, 0.717) is 30.4 Å². The van der Waals surface area contributed by atoms with Crippen LogP contribution in [0.25, 0.3) is 0 Å². The van der Waals surface area contributed by atoms with E-state index in [0.717, 1.165) is 22.7 Å². The minimum atomic E-state index is -3.38. The molecule has 0 radical (unpaired) electrons. The molecule has 0 spiro atoms. The zero-order valence-corrected chi connectivity index (χ0v) is 17.2. The Hall–Kier alpha value is -2.52. The van der Waals surface area contributed by atoms with Crippen molar-refractivity contribution >= 4 is 44.2 Å². The SMILES string of the molecule is O=C(c1ccc2c(c1)SC1=NS(=O)(=O)CCN12)N1CCC(Nc2ccccc2)C1. The molecule has 1 saturated heterocycles. The topological polar surface area (TPSA) is 82.1 Å². The molecule has 1 N–H and O–H groups in total. The average Bonchev–Trinajstić information content (AvgIpc) is 3.30. The summed E-state index contributed by atoms with van der Waals surface area (Å²) in [5, 5.41) is 3.96. The first-order valence-electron chi connectivity index (χ1n) is 9.51. The molecule has 3 aliphatic heterocycles. The summed E-state index contributed by atoms with van der Waals surface area (Å²) in [5.41, 5.74) is 2.61. The highest BCUT2D eigenvalue weighted by atomic mass is 32.2. The van der Waals surface area contributed by atoms with Crippen LogP contribution in [0.2, 0.25) is 0 Å². The molecule has 0 saturated carbocycles. The number of sulfonamides is 1. The number of hydrogen-bond donors (Lipinski definition) is 1. The predicted molar refractivity (Wildman–Crippen MR) is 115 cm³/mol. The molecule has 1 fully saturated rings. The molecule has 150 valence electrons. The lowest BCUT2D eigenvalue weighted by atomic mass is 10.1. The first-order valence-corrected chi connectivity index (χ1v) is 11.9. The van der Waals surface area contributed by atoms with Crippen molar-refractivity contribution in [1.29, 1.82) is 0 Å². The second-order valence-electron chi connectivity index (χ2n) is 7.34. The highest BCUT2D eigenvalue weighted by Gasteiger charge is 2.34. The Morgan fingerprint density at radius 3 is 2.79 bits per heavy atom. The van der Waals surface area contributed by atoms with E-state index in [9.17, 15) is 13.2 Å². The van der Waals surface area contributed by atoms with Crippen LogP contribution >= 0.6 is 11.8 Å². The summed E-state index contributed by atoms with van der Waals surface area (Å²) in [4.78, 5) is 17.7. The Bertz CT molecular complexity index is 1100. The second-order valence-corrected chi connectivity index (χ2v) is 10.1. The number of benzene rings is 2. The molecule has 3 heterocycles. The van der Waals surface area contributed by atoms with Crippen molar-refractivity contribution in [3.05, 3.63) is 54.1 Å². The Balaban J connectivity index is 1.30. The lowest BCUT2D eigenvalue weighted by Gasteiger charge is -2.22. The first kappa shape index (κ1) is 18.5. The van der Waals surface area contributed by atoms with E-state index >= 15 is 0 Å². The van der Waals surface area contributed by atoms with Crippen LogP contribution in [0.3, 0.4) is 0 Å². The summed E-state index contributed by atoms with van der Waals surface area (Å²) >= 11 is 1.31. The number of rotatable bonds is 3. The molecular formula is C20H20N4O3S2. The van der Waals surface area contributed by atoms with Gasteiger partial charge in [-0.05, 0) is 48.5 Å². The average molecular weight is 429 g/mol. The molecule has 1 atom stereocenters. The fourth-order valence-corrected chi connectivity index (χ4v) is 6.17. The van der Waals surface area contributed by atoms with Crippen molar-refractivity contribution in [2.75, 3.05) is 35.6 Å². The van der Waals surface area contributed by atoms with Crippen LogP contribution in [0.1, 0.15) is 16.8 Å². The fourth-order valence-electron chi connectivity index (χ4n) is 3.88. The Labute approximate surface area is 173 Å². The molecule has 0 aliphatic carbocycles. The molecule has 3 aliphatic rings. The van der Waals surface area contributed by atoms with Crippen LogP contribution < -0.4 is 10.2 Å². The van der Waals surface area contributed by atoms with E-state index in [1.165, 1.54) is 11.8 Å². The van der Waals surface area contributed by atoms with E-state index in [4.69, 9.17) is 0 Å². The van der Waals surface area contributed by atoms with Crippen LogP contribution in [0, 0.1) is 0 Å². The minimum absolute atomic E-state index is 0.00481. The van der Waals surface area contributed by atoms with Crippen molar-refractivity contribution in [1.82, 2.24) is 4.90 Å². The van der Waals surface area contributed by atoms with Crippen LogP contribution in [0.4, 0.5) is 11.4 Å². The Morgan fingerprint density at radius 1 is 1.14 bits per heavy atom. The number of fused-ring (bicyclic) bond motifs is 3. The fraction of sp³-hybridized carbons (Fsp3) is 0.300. The third-order valence-electron chi connectivity index (χ3n) is 5.34. The largest absolute Gasteiger partial charge is 0.380 e. The summed E-state index contributed by atoms with van der Waals surface area (Å²) < 4.78 is 27.4. The molecule has 29 heavy (non-hydrogen) atoms. The third-order valence-corrected chi connectivity index (χ3v) is 7.65. The minimum Gasteiger partial charge on any atom is -0.380 e. The number of amidine groups is 1. The maximum Gasteiger partial charge on any atom is 0.257 e. The van der Waals surface area contributed by atoms with Crippen LogP contribution in [-0.2, 0) is 10.0 Å². The number of anilines is 2. The lowest BCUT2D eigenvalue weighted by Crippen LogP contribution is -2.35. The van der Waals surface area contributed by atoms with Gasteiger partial charge in [0.2, 0.25) is 0 Å². The maximum atomic E-state index is 13.0. The van der Waals surface area contributed by atoms with E-state index in [2.05, 4.69) is 9.71 Å². The van der Waals surface area contributed by atoms with Gasteiger partial charge in [-0.3, -0.25) is 4.79 Å². The van der Waals surface area contributed by atoms with E-state index in [-0.39, 0.29) is 17.7 Å². The van der Waals surface area contributed by atoms with Crippen molar-refractivity contribution < 1.29 is 13.2 Å².